The molecule has 2 rings (SSSR count). The summed E-state index contributed by atoms with van der Waals surface area (Å²) in [6.07, 6.45) is -2.01. The van der Waals surface area contributed by atoms with Gasteiger partial charge in [-0.3, -0.25) is 10.1 Å². The summed E-state index contributed by atoms with van der Waals surface area (Å²) in [5, 5.41) is 1.93. The largest absolute Gasteiger partial charge is 0.431 e. The number of amides is 2. The molecule has 4 nitrogen and oxygen atoms in total. The molecule has 72 valence electrons. The van der Waals surface area contributed by atoms with Crippen LogP contribution in [0.3, 0.4) is 0 Å². The Kier molecular flexibility index (Phi) is 1.92. The molecule has 1 N–H and O–H groups in total. The number of carbonyl (C=O) groups excluding carboxylic acids is 2. The summed E-state index contributed by atoms with van der Waals surface area (Å²) in [7, 11) is 0. The van der Waals surface area contributed by atoms with E-state index in [1.54, 1.807) is 6.07 Å². The van der Waals surface area contributed by atoms with Crippen LogP contribution in [0.5, 0.6) is 0 Å². The van der Waals surface area contributed by atoms with E-state index >= 15 is 0 Å². The molecule has 0 bridgehead atoms. The predicted molar refractivity (Wildman–Crippen MR) is 43.8 cm³/mol. The maximum absolute atomic E-state index is 13.2. The number of imide groups is 1. The van der Waals surface area contributed by atoms with Crippen molar-refractivity contribution in [1.29, 1.82) is 0 Å². The molecule has 1 heterocycles. The minimum absolute atomic E-state index is 0.0656. The molecule has 1 aromatic carbocycles. The second kappa shape index (κ2) is 3.10. The highest BCUT2D eigenvalue weighted by molar-refractivity contribution is 6.00. The lowest BCUT2D eigenvalue weighted by molar-refractivity contribution is -0.123. The zero-order chi connectivity index (χ0) is 10.1. The molecule has 0 spiro atoms. The van der Waals surface area contributed by atoms with Crippen molar-refractivity contribution < 1.29 is 18.7 Å². The van der Waals surface area contributed by atoms with Crippen molar-refractivity contribution in [2.75, 3.05) is 0 Å². The molecule has 0 aromatic heterocycles. The number of alkyl carbamates (subject to hydrolysis) is 1. The van der Waals surface area contributed by atoms with Crippen molar-refractivity contribution in [1.82, 2.24) is 5.32 Å². The number of nitrogens with one attached hydrogen (secondary N) is 1. The molecule has 1 aliphatic rings. The number of rotatable bonds is 1. The first-order valence-corrected chi connectivity index (χ1v) is 3.94. The average molecular weight is 195 g/mol. The minimum atomic E-state index is -1.16. The summed E-state index contributed by atoms with van der Waals surface area (Å²) in [5.41, 5.74) is 0.0656. The van der Waals surface area contributed by atoms with Crippen LogP contribution in [0.4, 0.5) is 9.18 Å². The lowest BCUT2D eigenvalue weighted by atomic mass is 10.1. The van der Waals surface area contributed by atoms with Gasteiger partial charge in [0.15, 0.2) is 0 Å². The van der Waals surface area contributed by atoms with E-state index in [0.29, 0.717) is 0 Å². The van der Waals surface area contributed by atoms with Gasteiger partial charge in [-0.05, 0) is 6.07 Å². The van der Waals surface area contributed by atoms with Gasteiger partial charge < -0.3 is 4.74 Å². The van der Waals surface area contributed by atoms with Crippen LogP contribution in [-0.4, -0.2) is 12.0 Å². The summed E-state index contributed by atoms with van der Waals surface area (Å²) >= 11 is 0. The van der Waals surface area contributed by atoms with E-state index in [-0.39, 0.29) is 5.56 Å². The zero-order valence-corrected chi connectivity index (χ0v) is 6.99. The van der Waals surface area contributed by atoms with Crippen LogP contribution in [-0.2, 0) is 9.53 Å². The third-order valence-corrected chi connectivity index (χ3v) is 1.88. The zero-order valence-electron chi connectivity index (χ0n) is 6.99. The Morgan fingerprint density at radius 2 is 2.00 bits per heavy atom. The highest BCUT2D eigenvalue weighted by Crippen LogP contribution is 2.23. The second-order valence-corrected chi connectivity index (χ2v) is 2.80. The quantitative estimate of drug-likeness (QED) is 0.730. The summed E-state index contributed by atoms with van der Waals surface area (Å²) < 4.78 is 17.8. The first-order chi connectivity index (χ1) is 6.68. The van der Waals surface area contributed by atoms with E-state index < -0.39 is 23.9 Å². The van der Waals surface area contributed by atoms with Crippen molar-refractivity contribution in [3.05, 3.63) is 35.6 Å². The fourth-order valence-corrected chi connectivity index (χ4v) is 1.25. The van der Waals surface area contributed by atoms with Gasteiger partial charge in [-0.25, -0.2) is 9.18 Å². The Morgan fingerprint density at radius 3 is 2.57 bits per heavy atom. The first kappa shape index (κ1) is 8.68. The van der Waals surface area contributed by atoms with Gasteiger partial charge in [0.1, 0.15) is 5.82 Å². The Hall–Kier alpha value is -1.91. The first-order valence-electron chi connectivity index (χ1n) is 3.94. The van der Waals surface area contributed by atoms with Gasteiger partial charge in [0.05, 0.1) is 0 Å². The Balaban J connectivity index is 2.36. The molecule has 1 unspecified atom stereocenters. The molecule has 1 aliphatic heterocycles. The molecule has 1 atom stereocenters. The van der Waals surface area contributed by atoms with E-state index in [4.69, 9.17) is 0 Å². The SMILES string of the molecule is O=C1NC(=O)C(c2ccccc2F)O1. The van der Waals surface area contributed by atoms with Gasteiger partial charge in [-0.1, -0.05) is 18.2 Å². The topological polar surface area (TPSA) is 55.4 Å². The van der Waals surface area contributed by atoms with E-state index in [2.05, 4.69) is 4.74 Å². The summed E-state index contributed by atoms with van der Waals surface area (Å²) in [5.74, 6) is -1.21. The van der Waals surface area contributed by atoms with Gasteiger partial charge in [0.25, 0.3) is 5.91 Å². The van der Waals surface area contributed by atoms with Crippen molar-refractivity contribution >= 4 is 12.0 Å². The Bertz CT molecular complexity index is 405. The summed E-state index contributed by atoms with van der Waals surface area (Å²) in [4.78, 5) is 21.8. The number of carbonyl (C=O) groups is 2. The highest BCUT2D eigenvalue weighted by Gasteiger charge is 2.35. The lowest BCUT2D eigenvalue weighted by Crippen LogP contribution is -2.20. The van der Waals surface area contributed by atoms with Crippen LogP contribution < -0.4 is 5.32 Å². The number of hydrogen-bond acceptors (Lipinski definition) is 3. The molecular weight excluding hydrogens is 189 g/mol. The van der Waals surface area contributed by atoms with Crippen LogP contribution in [0.15, 0.2) is 24.3 Å². The van der Waals surface area contributed by atoms with E-state index in [1.165, 1.54) is 18.2 Å². The normalized spacial score (nSPS) is 20.5. The number of cyclic esters (lactones) is 1. The summed E-state index contributed by atoms with van der Waals surface area (Å²) in [6, 6.07) is 5.66. The van der Waals surface area contributed by atoms with Crippen molar-refractivity contribution in [2.24, 2.45) is 0 Å². The fraction of sp³-hybridized carbons (Fsp3) is 0.111. The molecule has 1 saturated heterocycles. The molecule has 0 aliphatic carbocycles. The highest BCUT2D eigenvalue weighted by atomic mass is 19.1. The number of hydrogen-bond donors (Lipinski definition) is 1. The fourth-order valence-electron chi connectivity index (χ4n) is 1.25. The van der Waals surface area contributed by atoms with E-state index in [9.17, 15) is 14.0 Å². The maximum Gasteiger partial charge on any atom is 0.415 e. The monoisotopic (exact) mass is 195 g/mol. The summed E-state index contributed by atoms with van der Waals surface area (Å²) in [6.45, 7) is 0. The second-order valence-electron chi connectivity index (χ2n) is 2.80. The molecule has 0 radical (unpaired) electrons. The van der Waals surface area contributed by atoms with Gasteiger partial charge >= 0.3 is 6.09 Å². The number of benzene rings is 1. The third-order valence-electron chi connectivity index (χ3n) is 1.88. The van der Waals surface area contributed by atoms with Gasteiger partial charge in [0.2, 0.25) is 6.10 Å². The Morgan fingerprint density at radius 1 is 1.29 bits per heavy atom. The van der Waals surface area contributed by atoms with Crippen molar-refractivity contribution in [3.8, 4) is 0 Å². The molecular formula is C9H6FNO3. The number of halogens is 1. The smallest absolute Gasteiger partial charge is 0.415 e. The molecule has 2 amide bonds. The predicted octanol–water partition coefficient (Wildman–Crippen LogP) is 1.13. The van der Waals surface area contributed by atoms with E-state index in [0.717, 1.165) is 0 Å². The van der Waals surface area contributed by atoms with Crippen LogP contribution in [0.1, 0.15) is 11.7 Å². The maximum atomic E-state index is 13.2. The van der Waals surface area contributed by atoms with Gasteiger partial charge in [-0.2, -0.15) is 0 Å². The molecule has 1 fully saturated rings. The van der Waals surface area contributed by atoms with Crippen LogP contribution >= 0.6 is 0 Å². The van der Waals surface area contributed by atoms with Gasteiger partial charge in [0, 0.05) is 5.56 Å². The molecule has 14 heavy (non-hydrogen) atoms. The standard InChI is InChI=1S/C9H6FNO3/c10-6-4-2-1-3-5(6)7-8(12)11-9(13)14-7/h1-4,7H,(H,11,12,13). The van der Waals surface area contributed by atoms with Crippen LogP contribution in [0, 0.1) is 5.82 Å². The van der Waals surface area contributed by atoms with Crippen LogP contribution in [0.25, 0.3) is 0 Å². The third kappa shape index (κ3) is 1.32. The molecule has 5 heteroatoms. The minimum Gasteiger partial charge on any atom is -0.431 e. The van der Waals surface area contributed by atoms with E-state index in [1.807, 2.05) is 5.32 Å². The lowest BCUT2D eigenvalue weighted by Gasteiger charge is -2.06. The Labute approximate surface area is 78.7 Å². The molecule has 0 saturated carbocycles. The van der Waals surface area contributed by atoms with Crippen LogP contribution in [0.2, 0.25) is 0 Å². The molecule has 1 aromatic rings. The van der Waals surface area contributed by atoms with Gasteiger partial charge in [-0.15, -0.1) is 0 Å². The van der Waals surface area contributed by atoms with Crippen molar-refractivity contribution in [3.63, 3.8) is 0 Å². The number of ether oxygens (including phenoxy) is 1. The average Bonchev–Trinajstić information content (AvgIpc) is 2.46. The van der Waals surface area contributed by atoms with Crippen molar-refractivity contribution in [2.45, 2.75) is 6.10 Å².